The number of rotatable bonds is 5. The second kappa shape index (κ2) is 5.64. The maximum atomic E-state index is 4.51. The molecule has 17 heavy (non-hydrogen) atoms. The average molecular weight is 229 g/mol. The van der Waals surface area contributed by atoms with E-state index in [2.05, 4.69) is 52.3 Å². The third-order valence-corrected chi connectivity index (χ3v) is 2.78. The van der Waals surface area contributed by atoms with Gasteiger partial charge >= 0.3 is 0 Å². The van der Waals surface area contributed by atoms with E-state index in [-0.39, 0.29) is 0 Å². The molecule has 3 nitrogen and oxygen atoms in total. The van der Waals surface area contributed by atoms with E-state index < -0.39 is 0 Å². The van der Waals surface area contributed by atoms with Gasteiger partial charge in [-0.1, -0.05) is 30.3 Å². The summed E-state index contributed by atoms with van der Waals surface area (Å²) in [7, 11) is 0. The lowest BCUT2D eigenvalue weighted by atomic mass is 10.2. The molecule has 0 amide bonds. The molecular weight excluding hydrogens is 210 g/mol. The summed E-state index contributed by atoms with van der Waals surface area (Å²) in [5.41, 5.74) is 2.39. The Morgan fingerprint density at radius 3 is 2.65 bits per heavy atom. The Morgan fingerprint density at radius 2 is 1.94 bits per heavy atom. The fraction of sp³-hybridized carbons (Fsp3) is 0.357. The quantitative estimate of drug-likeness (QED) is 0.853. The molecule has 2 rings (SSSR count). The SMILES string of the molecule is CCn1cc(C)nc1CNCc1ccccc1. The molecule has 1 aromatic carbocycles. The van der Waals surface area contributed by atoms with Gasteiger partial charge in [-0.3, -0.25) is 0 Å². The van der Waals surface area contributed by atoms with E-state index in [1.807, 2.05) is 13.0 Å². The van der Waals surface area contributed by atoms with Gasteiger partial charge < -0.3 is 9.88 Å². The van der Waals surface area contributed by atoms with Crippen LogP contribution < -0.4 is 5.32 Å². The van der Waals surface area contributed by atoms with Crippen molar-refractivity contribution < 1.29 is 0 Å². The molecule has 2 aromatic rings. The van der Waals surface area contributed by atoms with Crippen LogP contribution >= 0.6 is 0 Å². The third-order valence-electron chi connectivity index (χ3n) is 2.78. The maximum absolute atomic E-state index is 4.51. The van der Waals surface area contributed by atoms with Gasteiger partial charge in [0, 0.05) is 19.3 Å². The summed E-state index contributed by atoms with van der Waals surface area (Å²) in [5, 5.41) is 3.42. The molecule has 0 aliphatic carbocycles. The Bertz CT molecular complexity index is 460. The van der Waals surface area contributed by atoms with Crippen molar-refractivity contribution in [2.45, 2.75) is 33.5 Å². The lowest BCUT2D eigenvalue weighted by Crippen LogP contribution is -2.16. The fourth-order valence-corrected chi connectivity index (χ4v) is 1.93. The molecular formula is C14H19N3. The highest BCUT2D eigenvalue weighted by atomic mass is 15.1. The minimum absolute atomic E-state index is 0.816. The molecule has 0 aliphatic rings. The molecule has 0 atom stereocenters. The zero-order valence-corrected chi connectivity index (χ0v) is 10.5. The smallest absolute Gasteiger partial charge is 0.122 e. The van der Waals surface area contributed by atoms with Crippen LogP contribution in [0, 0.1) is 6.92 Å². The second-order valence-corrected chi connectivity index (χ2v) is 4.17. The van der Waals surface area contributed by atoms with Gasteiger partial charge in [-0.05, 0) is 19.4 Å². The third kappa shape index (κ3) is 3.17. The van der Waals surface area contributed by atoms with Crippen LogP contribution in [0.15, 0.2) is 36.5 Å². The van der Waals surface area contributed by atoms with Crippen LogP contribution in [-0.4, -0.2) is 9.55 Å². The summed E-state index contributed by atoms with van der Waals surface area (Å²) < 4.78 is 2.19. The van der Waals surface area contributed by atoms with Crippen LogP contribution in [0.2, 0.25) is 0 Å². The van der Waals surface area contributed by atoms with Crippen LogP contribution in [0.4, 0.5) is 0 Å². The molecule has 0 fully saturated rings. The molecule has 1 heterocycles. The van der Waals surface area contributed by atoms with Crippen LogP contribution in [0.3, 0.4) is 0 Å². The summed E-state index contributed by atoms with van der Waals surface area (Å²) in [5.74, 6) is 1.11. The Labute approximate surface area is 103 Å². The zero-order valence-electron chi connectivity index (χ0n) is 10.5. The standard InChI is InChI=1S/C14H19N3/c1-3-17-11-12(2)16-14(17)10-15-9-13-7-5-4-6-8-13/h4-8,11,15H,3,9-10H2,1-2H3. The Hall–Kier alpha value is -1.61. The highest BCUT2D eigenvalue weighted by Crippen LogP contribution is 2.03. The number of aromatic nitrogens is 2. The first-order valence-corrected chi connectivity index (χ1v) is 6.07. The van der Waals surface area contributed by atoms with E-state index >= 15 is 0 Å². The van der Waals surface area contributed by atoms with E-state index in [1.54, 1.807) is 0 Å². The van der Waals surface area contributed by atoms with E-state index in [4.69, 9.17) is 0 Å². The van der Waals surface area contributed by atoms with Crippen LogP contribution in [0.5, 0.6) is 0 Å². The molecule has 0 bridgehead atoms. The number of nitrogens with zero attached hydrogens (tertiary/aromatic N) is 2. The summed E-state index contributed by atoms with van der Waals surface area (Å²) >= 11 is 0. The predicted molar refractivity (Wildman–Crippen MR) is 69.6 cm³/mol. The van der Waals surface area contributed by atoms with Crippen LogP contribution in [0.1, 0.15) is 24.0 Å². The lowest BCUT2D eigenvalue weighted by molar-refractivity contribution is 0.613. The van der Waals surface area contributed by atoms with Crippen molar-refractivity contribution in [2.75, 3.05) is 0 Å². The Morgan fingerprint density at radius 1 is 1.18 bits per heavy atom. The van der Waals surface area contributed by atoms with E-state index in [9.17, 15) is 0 Å². The first-order valence-electron chi connectivity index (χ1n) is 6.07. The van der Waals surface area contributed by atoms with Gasteiger partial charge in [0.25, 0.3) is 0 Å². The minimum Gasteiger partial charge on any atom is -0.334 e. The number of imidazole rings is 1. The zero-order chi connectivity index (χ0) is 12.1. The highest BCUT2D eigenvalue weighted by Gasteiger charge is 2.03. The van der Waals surface area contributed by atoms with Gasteiger partial charge in [-0.2, -0.15) is 0 Å². The predicted octanol–water partition coefficient (Wildman–Crippen LogP) is 2.50. The first kappa shape index (κ1) is 11.9. The average Bonchev–Trinajstić information content (AvgIpc) is 2.71. The molecule has 1 N–H and O–H groups in total. The molecule has 0 saturated carbocycles. The van der Waals surface area contributed by atoms with Crippen molar-refractivity contribution in [3.63, 3.8) is 0 Å². The van der Waals surface area contributed by atoms with Gasteiger partial charge in [0.15, 0.2) is 0 Å². The van der Waals surface area contributed by atoms with Gasteiger partial charge in [-0.15, -0.1) is 0 Å². The van der Waals surface area contributed by atoms with Gasteiger partial charge in [0.05, 0.1) is 12.2 Å². The topological polar surface area (TPSA) is 29.9 Å². The number of hydrogen-bond donors (Lipinski definition) is 1. The number of aryl methyl sites for hydroxylation is 2. The minimum atomic E-state index is 0.816. The van der Waals surface area contributed by atoms with E-state index in [0.717, 1.165) is 31.2 Å². The summed E-state index contributed by atoms with van der Waals surface area (Å²) in [6.07, 6.45) is 2.10. The van der Waals surface area contributed by atoms with Crippen molar-refractivity contribution in [1.29, 1.82) is 0 Å². The van der Waals surface area contributed by atoms with Crippen molar-refractivity contribution in [3.8, 4) is 0 Å². The summed E-state index contributed by atoms with van der Waals surface area (Å²) in [4.78, 5) is 4.51. The Balaban J connectivity index is 1.90. The number of hydrogen-bond acceptors (Lipinski definition) is 2. The molecule has 90 valence electrons. The highest BCUT2D eigenvalue weighted by molar-refractivity contribution is 5.14. The van der Waals surface area contributed by atoms with Gasteiger partial charge in [-0.25, -0.2) is 4.98 Å². The first-order chi connectivity index (χ1) is 8.29. The molecule has 1 aromatic heterocycles. The van der Waals surface area contributed by atoms with E-state index in [1.165, 1.54) is 5.56 Å². The molecule has 0 saturated heterocycles. The summed E-state index contributed by atoms with van der Waals surface area (Å²) in [6, 6.07) is 10.4. The Kier molecular flexibility index (Phi) is 3.94. The maximum Gasteiger partial charge on any atom is 0.122 e. The summed E-state index contributed by atoms with van der Waals surface area (Å²) in [6.45, 7) is 6.85. The van der Waals surface area contributed by atoms with Crippen molar-refractivity contribution in [3.05, 3.63) is 53.6 Å². The largest absolute Gasteiger partial charge is 0.334 e. The number of benzene rings is 1. The van der Waals surface area contributed by atoms with Gasteiger partial charge in [0.2, 0.25) is 0 Å². The van der Waals surface area contributed by atoms with Crippen molar-refractivity contribution >= 4 is 0 Å². The molecule has 0 unspecified atom stereocenters. The normalized spacial score (nSPS) is 10.7. The van der Waals surface area contributed by atoms with Crippen LogP contribution in [-0.2, 0) is 19.6 Å². The molecule has 0 spiro atoms. The molecule has 0 aliphatic heterocycles. The van der Waals surface area contributed by atoms with Crippen LogP contribution in [0.25, 0.3) is 0 Å². The number of nitrogens with one attached hydrogen (secondary N) is 1. The van der Waals surface area contributed by atoms with Crippen molar-refractivity contribution in [1.82, 2.24) is 14.9 Å². The molecule has 3 heteroatoms. The van der Waals surface area contributed by atoms with Crippen molar-refractivity contribution in [2.24, 2.45) is 0 Å². The lowest BCUT2D eigenvalue weighted by Gasteiger charge is -2.06. The monoisotopic (exact) mass is 229 g/mol. The fourth-order valence-electron chi connectivity index (χ4n) is 1.93. The molecule has 0 radical (unpaired) electrons. The second-order valence-electron chi connectivity index (χ2n) is 4.17. The van der Waals surface area contributed by atoms with Gasteiger partial charge in [0.1, 0.15) is 5.82 Å². The van der Waals surface area contributed by atoms with E-state index in [0.29, 0.717) is 0 Å².